The number of benzene rings is 1. The highest BCUT2D eigenvalue weighted by atomic mass is 16.4. The summed E-state index contributed by atoms with van der Waals surface area (Å²) in [5.41, 5.74) is 6.81. The SMILES string of the molecule is CCC(CC(=O)O)NC(=O)[C@H](N)Cc1ccccc1. The van der Waals surface area contributed by atoms with Crippen LogP contribution in [0.15, 0.2) is 30.3 Å². The Labute approximate surface area is 112 Å². The number of carboxylic acid groups (broad SMARTS) is 1. The third-order valence-electron chi connectivity index (χ3n) is 2.90. The van der Waals surface area contributed by atoms with Gasteiger partial charge in [0.05, 0.1) is 12.5 Å². The molecule has 5 nitrogen and oxygen atoms in total. The van der Waals surface area contributed by atoms with Crippen LogP contribution < -0.4 is 11.1 Å². The van der Waals surface area contributed by atoms with Crippen LogP contribution in [-0.4, -0.2) is 29.1 Å². The second kappa shape index (κ2) is 7.53. The third-order valence-corrected chi connectivity index (χ3v) is 2.90. The highest BCUT2D eigenvalue weighted by Gasteiger charge is 2.19. The Morgan fingerprint density at radius 1 is 1.32 bits per heavy atom. The third kappa shape index (κ3) is 5.52. The molecule has 0 aromatic heterocycles. The molecular weight excluding hydrogens is 244 g/mol. The fourth-order valence-corrected chi connectivity index (χ4v) is 1.78. The van der Waals surface area contributed by atoms with Gasteiger partial charge < -0.3 is 16.2 Å². The number of carbonyl (C=O) groups is 2. The Kier molecular flexibility index (Phi) is 6.02. The summed E-state index contributed by atoms with van der Waals surface area (Å²) in [6.45, 7) is 1.83. The van der Waals surface area contributed by atoms with E-state index in [2.05, 4.69) is 5.32 Å². The molecule has 1 amide bonds. The first-order chi connectivity index (χ1) is 9.02. The Balaban J connectivity index is 2.50. The lowest BCUT2D eigenvalue weighted by Crippen LogP contribution is -2.46. The van der Waals surface area contributed by atoms with Gasteiger partial charge in [0.2, 0.25) is 5.91 Å². The van der Waals surface area contributed by atoms with E-state index in [0.29, 0.717) is 12.8 Å². The molecular formula is C14H20N2O3. The number of amides is 1. The van der Waals surface area contributed by atoms with Crippen LogP contribution in [0.25, 0.3) is 0 Å². The lowest BCUT2D eigenvalue weighted by atomic mass is 10.0. The van der Waals surface area contributed by atoms with E-state index in [0.717, 1.165) is 5.56 Å². The Morgan fingerprint density at radius 2 is 1.95 bits per heavy atom. The van der Waals surface area contributed by atoms with Crippen molar-refractivity contribution >= 4 is 11.9 Å². The molecule has 0 spiro atoms. The van der Waals surface area contributed by atoms with Crippen LogP contribution in [0.5, 0.6) is 0 Å². The van der Waals surface area contributed by atoms with Crippen LogP contribution in [0.2, 0.25) is 0 Å². The minimum absolute atomic E-state index is 0.0830. The zero-order chi connectivity index (χ0) is 14.3. The van der Waals surface area contributed by atoms with Crippen molar-refractivity contribution in [2.24, 2.45) is 5.73 Å². The topological polar surface area (TPSA) is 92.4 Å². The highest BCUT2D eigenvalue weighted by Crippen LogP contribution is 2.03. The van der Waals surface area contributed by atoms with Crippen molar-refractivity contribution in [1.82, 2.24) is 5.32 Å². The smallest absolute Gasteiger partial charge is 0.305 e. The molecule has 0 fully saturated rings. The average molecular weight is 264 g/mol. The zero-order valence-electron chi connectivity index (χ0n) is 11.0. The lowest BCUT2D eigenvalue weighted by molar-refractivity contribution is -0.137. The van der Waals surface area contributed by atoms with Crippen LogP contribution in [0.4, 0.5) is 0 Å². The minimum Gasteiger partial charge on any atom is -0.481 e. The molecule has 2 atom stereocenters. The number of carbonyl (C=O) groups excluding carboxylic acids is 1. The Morgan fingerprint density at radius 3 is 2.47 bits per heavy atom. The molecule has 0 aliphatic heterocycles. The maximum Gasteiger partial charge on any atom is 0.305 e. The number of aliphatic carboxylic acids is 1. The summed E-state index contributed by atoms with van der Waals surface area (Å²) in [6.07, 6.45) is 0.923. The second-order valence-electron chi connectivity index (χ2n) is 4.51. The van der Waals surface area contributed by atoms with Gasteiger partial charge in [0, 0.05) is 6.04 Å². The molecule has 0 heterocycles. The van der Waals surface area contributed by atoms with Crippen molar-refractivity contribution in [1.29, 1.82) is 0 Å². The number of rotatable bonds is 7. The van der Waals surface area contributed by atoms with E-state index in [1.165, 1.54) is 0 Å². The van der Waals surface area contributed by atoms with Gasteiger partial charge in [-0.15, -0.1) is 0 Å². The Hall–Kier alpha value is -1.88. The molecule has 1 aromatic carbocycles. The molecule has 5 heteroatoms. The van der Waals surface area contributed by atoms with Crippen molar-refractivity contribution in [2.75, 3.05) is 0 Å². The van der Waals surface area contributed by atoms with Crippen LogP contribution in [-0.2, 0) is 16.0 Å². The van der Waals surface area contributed by atoms with Gasteiger partial charge in [-0.2, -0.15) is 0 Å². The number of hydrogen-bond acceptors (Lipinski definition) is 3. The van der Waals surface area contributed by atoms with Gasteiger partial charge >= 0.3 is 5.97 Å². The molecule has 0 bridgehead atoms. The standard InChI is InChI=1S/C14H20N2O3/c1-2-11(9-13(17)18)16-14(19)12(15)8-10-6-4-3-5-7-10/h3-7,11-12H,2,8-9,15H2,1H3,(H,16,19)(H,17,18)/t11?,12-/m1/s1. The largest absolute Gasteiger partial charge is 0.481 e. The fraction of sp³-hybridized carbons (Fsp3) is 0.429. The van der Waals surface area contributed by atoms with Gasteiger partial charge in [-0.05, 0) is 18.4 Å². The summed E-state index contributed by atoms with van der Waals surface area (Å²) in [5.74, 6) is -1.24. The maximum atomic E-state index is 11.9. The maximum absolute atomic E-state index is 11.9. The average Bonchev–Trinajstić information content (AvgIpc) is 2.38. The van der Waals surface area contributed by atoms with Gasteiger partial charge in [0.1, 0.15) is 0 Å². The normalized spacial score (nSPS) is 13.6. The van der Waals surface area contributed by atoms with Crippen molar-refractivity contribution in [3.05, 3.63) is 35.9 Å². The first kappa shape index (κ1) is 15.2. The summed E-state index contributed by atoms with van der Waals surface area (Å²) in [5, 5.41) is 11.4. The molecule has 0 aliphatic carbocycles. The van der Waals surface area contributed by atoms with E-state index in [-0.39, 0.29) is 18.4 Å². The van der Waals surface area contributed by atoms with E-state index in [4.69, 9.17) is 10.8 Å². The van der Waals surface area contributed by atoms with Crippen molar-refractivity contribution < 1.29 is 14.7 Å². The first-order valence-corrected chi connectivity index (χ1v) is 6.34. The molecule has 0 aliphatic rings. The molecule has 0 radical (unpaired) electrons. The summed E-state index contributed by atoms with van der Waals surface area (Å²) < 4.78 is 0. The molecule has 0 saturated heterocycles. The lowest BCUT2D eigenvalue weighted by Gasteiger charge is -2.18. The van der Waals surface area contributed by atoms with E-state index in [1.807, 2.05) is 37.3 Å². The number of nitrogens with one attached hydrogen (secondary N) is 1. The quantitative estimate of drug-likeness (QED) is 0.683. The van der Waals surface area contributed by atoms with Crippen molar-refractivity contribution in [2.45, 2.75) is 38.3 Å². The molecule has 1 aromatic rings. The molecule has 19 heavy (non-hydrogen) atoms. The van der Waals surface area contributed by atoms with Crippen LogP contribution >= 0.6 is 0 Å². The molecule has 1 unspecified atom stereocenters. The zero-order valence-corrected chi connectivity index (χ0v) is 11.0. The second-order valence-corrected chi connectivity index (χ2v) is 4.51. The monoisotopic (exact) mass is 264 g/mol. The highest BCUT2D eigenvalue weighted by molar-refractivity contribution is 5.82. The molecule has 104 valence electrons. The van der Waals surface area contributed by atoms with Gasteiger partial charge in [0.25, 0.3) is 0 Å². The Bertz CT molecular complexity index is 420. The fourth-order valence-electron chi connectivity index (χ4n) is 1.78. The summed E-state index contributed by atoms with van der Waals surface area (Å²) in [6, 6.07) is 8.45. The van der Waals surface area contributed by atoms with E-state index in [1.54, 1.807) is 0 Å². The minimum atomic E-state index is -0.927. The van der Waals surface area contributed by atoms with E-state index >= 15 is 0 Å². The predicted octanol–water partition coefficient (Wildman–Crippen LogP) is 0.926. The van der Waals surface area contributed by atoms with Crippen LogP contribution in [0.1, 0.15) is 25.3 Å². The van der Waals surface area contributed by atoms with Gasteiger partial charge in [-0.25, -0.2) is 0 Å². The number of hydrogen-bond donors (Lipinski definition) is 3. The molecule has 0 saturated carbocycles. The van der Waals surface area contributed by atoms with Gasteiger partial charge in [-0.1, -0.05) is 37.3 Å². The van der Waals surface area contributed by atoms with Crippen LogP contribution in [0.3, 0.4) is 0 Å². The van der Waals surface area contributed by atoms with E-state index in [9.17, 15) is 9.59 Å². The van der Waals surface area contributed by atoms with Crippen molar-refractivity contribution in [3.8, 4) is 0 Å². The van der Waals surface area contributed by atoms with Gasteiger partial charge in [-0.3, -0.25) is 9.59 Å². The van der Waals surface area contributed by atoms with Crippen molar-refractivity contribution in [3.63, 3.8) is 0 Å². The summed E-state index contributed by atoms with van der Waals surface area (Å²) in [4.78, 5) is 22.5. The summed E-state index contributed by atoms with van der Waals surface area (Å²) >= 11 is 0. The van der Waals surface area contributed by atoms with E-state index < -0.39 is 12.0 Å². The van der Waals surface area contributed by atoms with Crippen LogP contribution in [0, 0.1) is 0 Å². The predicted molar refractivity (Wildman–Crippen MR) is 72.6 cm³/mol. The molecule has 4 N–H and O–H groups in total. The first-order valence-electron chi connectivity index (χ1n) is 6.34. The summed E-state index contributed by atoms with van der Waals surface area (Å²) in [7, 11) is 0. The molecule has 1 rings (SSSR count). The van der Waals surface area contributed by atoms with Gasteiger partial charge in [0.15, 0.2) is 0 Å². The number of nitrogens with two attached hydrogens (primary N) is 1. The number of carboxylic acids is 1.